The van der Waals surface area contributed by atoms with Gasteiger partial charge in [0.2, 0.25) is 5.91 Å². The van der Waals surface area contributed by atoms with E-state index in [1.165, 1.54) is 44.9 Å². The molecule has 4 atom stereocenters. The first kappa shape index (κ1) is 36.2. The average molecular weight is 613 g/mol. The third-order valence-electron chi connectivity index (χ3n) is 7.66. The van der Waals surface area contributed by atoms with E-state index in [0.717, 1.165) is 0 Å². The smallest absolute Gasteiger partial charge is 0.328 e. The lowest BCUT2D eigenvalue weighted by molar-refractivity contribution is -0.147. The van der Waals surface area contributed by atoms with E-state index in [0.29, 0.717) is 22.3 Å². The fraction of sp³-hybridized carbons (Fsp3) is 0.417. The number of aliphatic hydroxyl groups is 2. The quantitative estimate of drug-likeness (QED) is 0.0768. The summed E-state index contributed by atoms with van der Waals surface area (Å²) in [4.78, 5) is 27.0. The molecule has 0 aliphatic carbocycles. The predicted octanol–water partition coefficient (Wildman–Crippen LogP) is -6.07. The normalized spacial score (nSPS) is 16.4. The van der Waals surface area contributed by atoms with Gasteiger partial charge in [0.25, 0.3) is 0 Å². The van der Waals surface area contributed by atoms with Gasteiger partial charge in [0.05, 0.1) is 12.6 Å². The Morgan fingerprint density at radius 2 is 1.48 bits per heavy atom. The highest BCUT2D eigenvalue weighted by atomic mass is 35.5. The minimum absolute atomic E-state index is 0.106. The maximum absolute atomic E-state index is 13.3. The molecule has 0 saturated heterocycles. The first-order valence-corrected chi connectivity index (χ1v) is 14.6. The van der Waals surface area contributed by atoms with Crippen LogP contribution < -0.4 is 21.4 Å². The molecule has 220 valence electrons. The fourth-order valence-corrected chi connectivity index (χ4v) is 4.61. The molecule has 4 unspecified atom stereocenters. The fourth-order valence-electron chi connectivity index (χ4n) is 4.44. The van der Waals surface area contributed by atoms with Crippen LogP contribution in [0.5, 0.6) is 0 Å². The van der Waals surface area contributed by atoms with Crippen LogP contribution in [0.3, 0.4) is 0 Å². The van der Waals surface area contributed by atoms with Crippen molar-refractivity contribution in [3.63, 3.8) is 0 Å². The summed E-state index contributed by atoms with van der Waals surface area (Å²) in [7, 11) is 11.4. The Hall–Kier alpha value is -1.98. The monoisotopic (exact) mass is 613 g/mol. The number of nitrogens with two attached hydrogens (primary N) is 1. The zero-order valence-electron chi connectivity index (χ0n) is 25.6. The Morgan fingerprint density at radius 1 is 0.976 bits per heavy atom. The molecule has 2 rings (SSSR count). The summed E-state index contributed by atoms with van der Waals surface area (Å²) >= 11 is 13.2. The molecule has 0 fully saturated rings. The highest BCUT2D eigenvalue weighted by molar-refractivity contribution is 6.67. The Labute approximate surface area is 263 Å². The largest absolute Gasteiger partial charge is 0.464 e. The lowest BCUT2D eigenvalue weighted by Crippen LogP contribution is -2.76. The van der Waals surface area contributed by atoms with Crippen LogP contribution in [0.25, 0.3) is 0 Å². The van der Waals surface area contributed by atoms with E-state index in [1.54, 1.807) is 64.4 Å². The molecule has 0 heterocycles. The zero-order chi connectivity index (χ0) is 32.3. The third kappa shape index (κ3) is 8.56. The number of anilines is 1. The van der Waals surface area contributed by atoms with Gasteiger partial charge in [-0.1, -0.05) is 29.7 Å². The summed E-state index contributed by atoms with van der Waals surface area (Å²) in [5.41, 5.74) is 5.25. The maximum atomic E-state index is 13.3. The molecule has 2 aromatic carbocycles. The zero-order valence-corrected chi connectivity index (χ0v) is 27.1. The molecule has 0 aliphatic rings. The van der Waals surface area contributed by atoms with Crippen LogP contribution in [0.15, 0.2) is 42.5 Å². The number of nitrogens with one attached hydrogen (secondary N) is 1. The van der Waals surface area contributed by atoms with E-state index in [9.17, 15) is 24.2 Å². The Kier molecular flexibility index (Phi) is 11.9. The number of alkyl halides is 2. The van der Waals surface area contributed by atoms with Crippen molar-refractivity contribution in [3.05, 3.63) is 59.4 Å². The van der Waals surface area contributed by atoms with Crippen LogP contribution in [0, 0.1) is 5.82 Å². The Balaban J connectivity index is 2.32. The summed E-state index contributed by atoms with van der Waals surface area (Å²) < 4.78 is 16.0. The van der Waals surface area contributed by atoms with Crippen molar-refractivity contribution in [2.24, 2.45) is 5.73 Å². The molecular weight excluding hydrogens is 576 g/mol. The average Bonchev–Trinajstić information content (AvgIpc) is 2.84. The van der Waals surface area contributed by atoms with Crippen LogP contribution in [0.1, 0.15) is 18.1 Å². The Bertz CT molecular complexity index is 1240. The number of nitrogens with zero attached hydrogens (tertiary/aromatic N) is 1. The molecule has 42 heavy (non-hydrogen) atoms. The number of amides is 1. The molecule has 8 nitrogen and oxygen atoms in total. The van der Waals surface area contributed by atoms with E-state index in [2.05, 4.69) is 5.32 Å². The molecule has 0 aromatic heterocycles. The molecule has 0 spiro atoms. The number of halogens is 3. The van der Waals surface area contributed by atoms with Crippen LogP contribution in [-0.2, 0) is 27.2 Å². The van der Waals surface area contributed by atoms with Gasteiger partial charge in [0, 0.05) is 21.5 Å². The van der Waals surface area contributed by atoms with Gasteiger partial charge < -0.3 is 30.9 Å². The van der Waals surface area contributed by atoms with Crippen molar-refractivity contribution in [2.45, 2.75) is 52.4 Å². The van der Waals surface area contributed by atoms with E-state index in [-0.39, 0.29) is 19.4 Å². The van der Waals surface area contributed by atoms with Crippen molar-refractivity contribution < 1.29 is 28.9 Å². The number of rotatable bonds is 13. The lowest BCUT2D eigenvalue weighted by Gasteiger charge is -2.57. The molecule has 0 bridgehead atoms. The van der Waals surface area contributed by atoms with Gasteiger partial charge in [-0.25, -0.2) is 9.18 Å². The van der Waals surface area contributed by atoms with E-state index in [4.69, 9.17) is 33.7 Å². The SMILES string of the molecule is Bc1cc(CC(N)C(=O)NC(Cc2ccc(F)cc2)C(=O)OCC)ccc1N(C(B)(O)C(B)(B)Cl)C(B)(O)C(B)(B)Cl. The van der Waals surface area contributed by atoms with E-state index >= 15 is 0 Å². The maximum Gasteiger partial charge on any atom is 0.328 e. The van der Waals surface area contributed by atoms with Gasteiger partial charge in [0.15, 0.2) is 15.7 Å². The molecule has 5 N–H and O–H groups in total. The summed E-state index contributed by atoms with van der Waals surface area (Å²) in [6.45, 7) is 1.79. The predicted molar refractivity (Wildman–Crippen MR) is 186 cm³/mol. The molecule has 0 radical (unpaired) electrons. The molecule has 18 heteroatoms. The van der Waals surface area contributed by atoms with E-state index in [1.807, 2.05) is 0 Å². The first-order valence-electron chi connectivity index (χ1n) is 13.8. The van der Waals surface area contributed by atoms with Crippen molar-refractivity contribution >= 4 is 101 Å². The topological polar surface area (TPSA) is 125 Å². The third-order valence-corrected chi connectivity index (χ3v) is 8.37. The standard InChI is InChI=1S/C24H37B7Cl2FN3O5/c1-2-42-20(39)17(11-12-3-6-14(34)7-4-12)36-19(38)16(35)10-13-5-8-18(15(25)9-13)37(23(30,40)21(26,27)32)24(31,41)22(28,29)33/h3-9,16-17,40-41H,2,10-11,25-31,35H2,1H3,(H,36,38). The van der Waals surface area contributed by atoms with E-state index < -0.39 is 50.4 Å². The number of hydrogen-bond donors (Lipinski definition) is 4. The number of carbonyl (C=O) groups is 2. The van der Waals surface area contributed by atoms with Gasteiger partial charge in [0.1, 0.15) is 62.3 Å². The van der Waals surface area contributed by atoms with Crippen LogP contribution >= 0.6 is 23.2 Å². The number of carbonyl (C=O) groups excluding carboxylic acids is 2. The minimum atomic E-state index is -1.75. The second kappa shape index (κ2) is 13.8. The minimum Gasteiger partial charge on any atom is -0.464 e. The van der Waals surface area contributed by atoms with Gasteiger partial charge >= 0.3 is 5.97 Å². The van der Waals surface area contributed by atoms with Gasteiger partial charge in [-0.2, -0.15) is 0 Å². The first-order chi connectivity index (χ1) is 19.1. The van der Waals surface area contributed by atoms with Crippen molar-refractivity contribution in [2.75, 3.05) is 11.5 Å². The van der Waals surface area contributed by atoms with Gasteiger partial charge in [-0.3, -0.25) is 4.79 Å². The van der Waals surface area contributed by atoms with Crippen LogP contribution in [0.2, 0.25) is 0 Å². The number of ether oxygens (including phenoxy) is 1. The summed E-state index contributed by atoms with van der Waals surface area (Å²) in [5.74, 6) is -1.59. The van der Waals surface area contributed by atoms with Crippen molar-refractivity contribution in [1.29, 1.82) is 0 Å². The van der Waals surface area contributed by atoms with Crippen LogP contribution in [-0.4, -0.2) is 116 Å². The second-order valence-electron chi connectivity index (χ2n) is 11.9. The Morgan fingerprint density at radius 3 is 1.93 bits per heavy atom. The van der Waals surface area contributed by atoms with Crippen molar-refractivity contribution in [3.8, 4) is 0 Å². The highest BCUT2D eigenvalue weighted by Gasteiger charge is 2.53. The number of benzene rings is 2. The van der Waals surface area contributed by atoms with Gasteiger partial charge in [-0.15, -0.1) is 23.2 Å². The number of esters is 1. The molecular formula is C24H37B7Cl2FN3O5. The lowest BCUT2D eigenvalue weighted by atomic mass is 9.51. The summed E-state index contributed by atoms with van der Waals surface area (Å²) in [6.07, 6.45) is 0.239. The molecule has 1 amide bonds. The molecule has 0 aliphatic heterocycles. The van der Waals surface area contributed by atoms with Crippen LogP contribution in [0.4, 0.5) is 10.1 Å². The number of hydrogen-bond acceptors (Lipinski definition) is 7. The summed E-state index contributed by atoms with van der Waals surface area (Å²) in [6, 6.07) is 8.85. The molecule has 0 saturated carbocycles. The van der Waals surface area contributed by atoms with Crippen molar-refractivity contribution in [1.82, 2.24) is 5.32 Å². The second-order valence-corrected chi connectivity index (χ2v) is 13.8. The van der Waals surface area contributed by atoms with Gasteiger partial charge in [-0.05, 0) is 42.7 Å². The highest BCUT2D eigenvalue weighted by Crippen LogP contribution is 2.38. The summed E-state index contributed by atoms with van der Waals surface area (Å²) in [5, 5.41) is 25.9. The molecule has 2 aromatic rings.